The number of nitrogens with one attached hydrogen (secondary N) is 1. The number of piperazine rings is 1. The number of fused-ring (bicyclic) bond motifs is 3. The summed E-state index contributed by atoms with van der Waals surface area (Å²) in [6.45, 7) is 9.61. The molecule has 1 atom stereocenters. The summed E-state index contributed by atoms with van der Waals surface area (Å²) in [5.41, 5.74) is 3.03. The van der Waals surface area contributed by atoms with Crippen LogP contribution >= 0.6 is 0 Å². The van der Waals surface area contributed by atoms with E-state index in [-0.39, 0.29) is 11.9 Å². The Morgan fingerprint density at radius 2 is 1.53 bits per heavy atom. The Hall–Kier alpha value is -2.95. The van der Waals surface area contributed by atoms with E-state index in [0.717, 1.165) is 68.2 Å². The third-order valence-corrected chi connectivity index (χ3v) is 11.7. The maximum Gasteiger partial charge on any atom is 0.293 e. The highest BCUT2D eigenvalue weighted by atomic mass is 16.5. The number of benzene rings is 1. The van der Waals surface area contributed by atoms with E-state index < -0.39 is 0 Å². The molecule has 5 heterocycles. The van der Waals surface area contributed by atoms with Crippen molar-refractivity contribution < 1.29 is 14.6 Å². The molecular formula is C33H45N7O3. The number of hydrogen-bond donors (Lipinski definition) is 2. The van der Waals surface area contributed by atoms with Crippen LogP contribution in [0.5, 0.6) is 5.75 Å². The van der Waals surface area contributed by atoms with Crippen LogP contribution in [-0.4, -0.2) is 119 Å². The number of rotatable bonds is 6. The third kappa shape index (κ3) is 5.15. The van der Waals surface area contributed by atoms with Crippen molar-refractivity contribution in [2.75, 3.05) is 62.6 Å². The Morgan fingerprint density at radius 3 is 2.26 bits per heavy atom. The Kier molecular flexibility index (Phi) is 7.19. The second kappa shape index (κ2) is 11.2. The molecule has 0 amide bonds. The van der Waals surface area contributed by atoms with Crippen LogP contribution in [0.25, 0.3) is 11.3 Å². The summed E-state index contributed by atoms with van der Waals surface area (Å²) >= 11 is 0. The number of phenols is 1. The number of anilines is 2. The number of likely N-dealkylation sites (tertiary alicyclic amines) is 2. The Labute approximate surface area is 254 Å². The molecule has 1 aromatic heterocycles. The highest BCUT2D eigenvalue weighted by Crippen LogP contribution is 2.58. The molecule has 1 spiro atoms. The number of aromatic hydroxyl groups is 1. The molecule has 2 aliphatic carbocycles. The van der Waals surface area contributed by atoms with Gasteiger partial charge in [0.2, 0.25) is 0 Å². The SMILES string of the molecule is O=COC1CC2(C1)CC(N1CCC(N3CCC(N4CCN5c6cc(-c7ccccc7O)nnc6NC[C@H]5C4)CC3)CC1)C2. The van der Waals surface area contributed by atoms with E-state index in [9.17, 15) is 9.90 Å². The van der Waals surface area contributed by atoms with Gasteiger partial charge in [-0.3, -0.25) is 9.69 Å². The topological polar surface area (TPSA) is 97.3 Å². The minimum absolute atomic E-state index is 0.186. The summed E-state index contributed by atoms with van der Waals surface area (Å²) in [7, 11) is 0. The molecule has 0 unspecified atom stereocenters. The molecule has 0 radical (unpaired) electrons. The molecule has 6 aliphatic rings. The van der Waals surface area contributed by atoms with Crippen molar-refractivity contribution in [2.24, 2.45) is 5.41 Å². The molecule has 230 valence electrons. The summed E-state index contributed by atoms with van der Waals surface area (Å²) in [5.74, 6) is 1.08. The van der Waals surface area contributed by atoms with Crippen molar-refractivity contribution in [3.8, 4) is 17.0 Å². The van der Waals surface area contributed by atoms with Gasteiger partial charge in [0, 0.05) is 49.9 Å². The lowest BCUT2D eigenvalue weighted by Gasteiger charge is -2.60. The Balaban J connectivity index is 0.808. The minimum Gasteiger partial charge on any atom is -0.507 e. The van der Waals surface area contributed by atoms with E-state index in [1.165, 1.54) is 64.7 Å². The van der Waals surface area contributed by atoms with Gasteiger partial charge >= 0.3 is 0 Å². The highest BCUT2D eigenvalue weighted by molar-refractivity contribution is 5.76. The molecule has 8 rings (SSSR count). The van der Waals surface area contributed by atoms with Crippen LogP contribution < -0.4 is 10.2 Å². The van der Waals surface area contributed by atoms with E-state index in [0.29, 0.717) is 29.7 Å². The zero-order valence-electron chi connectivity index (χ0n) is 25.1. The van der Waals surface area contributed by atoms with Gasteiger partial charge in [-0.25, -0.2) is 0 Å². The first-order valence-corrected chi connectivity index (χ1v) is 16.6. The van der Waals surface area contributed by atoms with Crippen LogP contribution in [0.2, 0.25) is 0 Å². The number of carbonyl (C=O) groups excluding carboxylic acids is 1. The minimum atomic E-state index is 0.186. The van der Waals surface area contributed by atoms with Crippen LogP contribution in [0.1, 0.15) is 51.4 Å². The van der Waals surface area contributed by atoms with Gasteiger partial charge in [-0.15, -0.1) is 10.2 Å². The van der Waals surface area contributed by atoms with Gasteiger partial charge in [-0.2, -0.15) is 0 Å². The van der Waals surface area contributed by atoms with E-state index >= 15 is 0 Å². The van der Waals surface area contributed by atoms with Crippen LogP contribution in [-0.2, 0) is 9.53 Å². The number of phenolic OH excluding ortho intramolecular Hbond substituents is 1. The first-order chi connectivity index (χ1) is 21.1. The Morgan fingerprint density at radius 1 is 0.837 bits per heavy atom. The van der Waals surface area contributed by atoms with Crippen molar-refractivity contribution in [3.05, 3.63) is 30.3 Å². The van der Waals surface area contributed by atoms with Gasteiger partial charge < -0.3 is 29.9 Å². The molecule has 5 fully saturated rings. The quantitative estimate of drug-likeness (QED) is 0.491. The molecule has 0 bridgehead atoms. The predicted octanol–water partition coefficient (Wildman–Crippen LogP) is 3.18. The molecule has 43 heavy (non-hydrogen) atoms. The lowest BCUT2D eigenvalue weighted by atomic mass is 9.52. The fourth-order valence-electron chi connectivity index (χ4n) is 9.31. The largest absolute Gasteiger partial charge is 0.507 e. The molecule has 10 heteroatoms. The maximum absolute atomic E-state index is 10.6. The zero-order valence-corrected chi connectivity index (χ0v) is 25.1. The first kappa shape index (κ1) is 27.6. The van der Waals surface area contributed by atoms with Crippen LogP contribution in [0.4, 0.5) is 11.5 Å². The van der Waals surface area contributed by atoms with Crippen molar-refractivity contribution in [1.29, 1.82) is 0 Å². The van der Waals surface area contributed by atoms with Gasteiger partial charge in [-0.1, -0.05) is 12.1 Å². The first-order valence-electron chi connectivity index (χ1n) is 16.6. The summed E-state index contributed by atoms with van der Waals surface area (Å²) in [5, 5.41) is 22.8. The fraction of sp³-hybridized carbons (Fsp3) is 0.667. The van der Waals surface area contributed by atoms with Crippen molar-refractivity contribution in [2.45, 2.75) is 81.6 Å². The fourth-order valence-corrected chi connectivity index (χ4v) is 9.31. The molecule has 1 aromatic carbocycles. The lowest BCUT2D eigenvalue weighted by molar-refractivity contribution is -0.163. The predicted molar refractivity (Wildman–Crippen MR) is 165 cm³/mol. The average molecular weight is 588 g/mol. The van der Waals surface area contributed by atoms with Crippen LogP contribution in [0.15, 0.2) is 30.3 Å². The highest BCUT2D eigenvalue weighted by Gasteiger charge is 2.55. The maximum atomic E-state index is 10.6. The summed E-state index contributed by atoms with van der Waals surface area (Å²) in [6, 6.07) is 12.0. The van der Waals surface area contributed by atoms with Crippen LogP contribution in [0, 0.1) is 5.41 Å². The van der Waals surface area contributed by atoms with Gasteiger partial charge in [0.15, 0.2) is 5.82 Å². The number of aromatic nitrogens is 2. The number of ether oxygens (including phenoxy) is 1. The Bertz CT molecular complexity index is 1310. The van der Waals surface area contributed by atoms with Gasteiger partial charge in [0.25, 0.3) is 6.47 Å². The molecule has 10 nitrogen and oxygen atoms in total. The standard InChI is InChI=1S/C33H45N7O3/c41-22-43-27-18-33(19-27)16-25(17-33)38-11-5-23(6-12-38)37-9-7-24(8-10-37)39-13-14-40-26(21-39)20-34-32-30(40)15-29(35-36-32)28-3-1-2-4-31(28)42/h1-4,15,22-27,42H,5-14,16-21H2,(H,34,36)/t25?,26-,27?,33?/m0/s1. The molecule has 2 saturated carbocycles. The second-order valence-electron chi connectivity index (χ2n) is 14.1. The number of carbonyl (C=O) groups is 1. The van der Waals surface area contributed by atoms with Gasteiger partial charge in [0.1, 0.15) is 11.9 Å². The molecule has 2 N–H and O–H groups in total. The zero-order chi connectivity index (χ0) is 29.0. The molecular weight excluding hydrogens is 542 g/mol. The van der Waals surface area contributed by atoms with E-state index in [1.54, 1.807) is 6.07 Å². The van der Waals surface area contributed by atoms with Crippen LogP contribution in [0.3, 0.4) is 0 Å². The number of piperidine rings is 2. The summed E-state index contributed by atoms with van der Waals surface area (Å²) in [4.78, 5) is 21.4. The molecule has 2 aromatic rings. The van der Waals surface area contributed by atoms with Crippen molar-refractivity contribution in [3.63, 3.8) is 0 Å². The van der Waals surface area contributed by atoms with E-state index in [1.807, 2.05) is 18.2 Å². The number of para-hydroxylation sites is 1. The average Bonchev–Trinajstić information content (AvgIpc) is 3.01. The molecule has 4 aliphatic heterocycles. The second-order valence-corrected chi connectivity index (χ2v) is 14.1. The lowest BCUT2D eigenvalue weighted by Crippen LogP contribution is -2.62. The number of nitrogens with zero attached hydrogens (tertiary/aromatic N) is 6. The monoisotopic (exact) mass is 587 g/mol. The van der Waals surface area contributed by atoms with Crippen molar-refractivity contribution >= 4 is 18.0 Å². The van der Waals surface area contributed by atoms with Crippen molar-refractivity contribution in [1.82, 2.24) is 24.9 Å². The van der Waals surface area contributed by atoms with E-state index in [2.05, 4.69) is 41.2 Å². The van der Waals surface area contributed by atoms with Gasteiger partial charge in [-0.05, 0) is 101 Å². The summed E-state index contributed by atoms with van der Waals surface area (Å²) in [6.07, 6.45) is 10.1. The number of hydrogen-bond acceptors (Lipinski definition) is 10. The third-order valence-electron chi connectivity index (χ3n) is 11.7. The molecule has 3 saturated heterocycles. The van der Waals surface area contributed by atoms with Gasteiger partial charge in [0.05, 0.1) is 17.4 Å². The normalized spacial score (nSPS) is 32.3. The van der Waals surface area contributed by atoms with E-state index in [4.69, 9.17) is 4.74 Å². The summed E-state index contributed by atoms with van der Waals surface area (Å²) < 4.78 is 5.16. The smallest absolute Gasteiger partial charge is 0.293 e.